The van der Waals surface area contributed by atoms with Gasteiger partial charge in [0.1, 0.15) is 0 Å². The molecule has 1 aromatic carbocycles. The van der Waals surface area contributed by atoms with E-state index < -0.39 is 11.7 Å². The molecule has 0 nitrogen and oxygen atoms in total. The summed E-state index contributed by atoms with van der Waals surface area (Å²) in [5, 5.41) is 0. The highest BCUT2D eigenvalue weighted by atomic mass is 19.4. The number of hydrogen-bond donors (Lipinski definition) is 0. The molecule has 0 aromatic heterocycles. The van der Waals surface area contributed by atoms with Gasteiger partial charge in [-0.25, -0.2) is 0 Å². The van der Waals surface area contributed by atoms with Gasteiger partial charge >= 0.3 is 6.18 Å². The average Bonchev–Trinajstić information content (AvgIpc) is 2.19. The Balaban J connectivity index is 3.06. The van der Waals surface area contributed by atoms with Gasteiger partial charge in [-0.2, -0.15) is 13.2 Å². The summed E-state index contributed by atoms with van der Waals surface area (Å²) < 4.78 is 37.6. The topological polar surface area (TPSA) is 0 Å². The van der Waals surface area contributed by atoms with Gasteiger partial charge in [-0.1, -0.05) is 32.8 Å². The van der Waals surface area contributed by atoms with Gasteiger partial charge < -0.3 is 0 Å². The van der Waals surface area contributed by atoms with E-state index in [1.165, 1.54) is 12.1 Å². The van der Waals surface area contributed by atoms with Crippen molar-refractivity contribution < 1.29 is 13.2 Å². The number of rotatable bonds is 4. The van der Waals surface area contributed by atoms with E-state index in [4.69, 9.17) is 0 Å². The molecule has 0 bridgehead atoms. The van der Waals surface area contributed by atoms with Crippen LogP contribution in [0.3, 0.4) is 0 Å². The van der Waals surface area contributed by atoms with Gasteiger partial charge in [0.25, 0.3) is 0 Å². The van der Waals surface area contributed by atoms with Crippen molar-refractivity contribution in [2.75, 3.05) is 0 Å². The van der Waals surface area contributed by atoms with Gasteiger partial charge in [0.2, 0.25) is 0 Å². The van der Waals surface area contributed by atoms with Crippen LogP contribution in [0.4, 0.5) is 13.2 Å². The van der Waals surface area contributed by atoms with Gasteiger partial charge in [0.15, 0.2) is 0 Å². The summed E-state index contributed by atoms with van der Waals surface area (Å²) in [6.07, 6.45) is -0.819. The molecule has 90 valence electrons. The quantitative estimate of drug-likeness (QED) is 0.708. The Kier molecular flexibility index (Phi) is 4.39. The van der Waals surface area contributed by atoms with Gasteiger partial charge in [-0.05, 0) is 36.1 Å². The Morgan fingerprint density at radius 1 is 0.938 bits per heavy atom. The van der Waals surface area contributed by atoms with Crippen LogP contribution in [-0.4, -0.2) is 0 Å². The van der Waals surface area contributed by atoms with Gasteiger partial charge in [-0.3, -0.25) is 0 Å². The minimum Gasteiger partial charge on any atom is -0.166 e. The Labute approximate surface area is 94.5 Å². The summed E-state index contributed by atoms with van der Waals surface area (Å²) in [6, 6.07) is 4.11. The smallest absolute Gasteiger partial charge is 0.166 e. The molecule has 0 aliphatic rings. The first-order chi connectivity index (χ1) is 7.49. The molecule has 1 aromatic rings. The van der Waals surface area contributed by atoms with Crippen LogP contribution in [0.5, 0.6) is 0 Å². The maximum atomic E-state index is 12.5. The lowest BCUT2D eigenvalue weighted by molar-refractivity contribution is -0.137. The lowest BCUT2D eigenvalue weighted by Crippen LogP contribution is -2.07. The molecule has 0 amide bonds. The molecule has 0 saturated heterocycles. The molecule has 0 N–H and O–H groups in total. The molecular formula is C13H17F3. The molecule has 0 heterocycles. The Morgan fingerprint density at radius 3 is 2.00 bits per heavy atom. The summed E-state index contributed by atoms with van der Waals surface area (Å²) in [7, 11) is 0. The predicted octanol–water partition coefficient (Wildman–Crippen LogP) is 4.61. The second-order valence-electron chi connectivity index (χ2n) is 3.98. The molecule has 0 aliphatic carbocycles. The van der Waals surface area contributed by atoms with Crippen molar-refractivity contribution in [2.45, 2.75) is 45.7 Å². The molecule has 0 spiro atoms. The molecule has 0 fully saturated rings. The highest BCUT2D eigenvalue weighted by molar-refractivity contribution is 5.33. The molecule has 0 unspecified atom stereocenters. The van der Waals surface area contributed by atoms with E-state index in [9.17, 15) is 13.2 Å². The fraction of sp³-hybridized carbons (Fsp3) is 0.538. The van der Waals surface area contributed by atoms with E-state index in [1.807, 2.05) is 13.8 Å². The number of hydrogen-bond acceptors (Lipinski definition) is 0. The summed E-state index contributed by atoms with van der Waals surface area (Å²) in [6.45, 7) is 4.02. The van der Waals surface area contributed by atoms with Gasteiger partial charge in [0, 0.05) is 0 Å². The summed E-state index contributed by atoms with van der Waals surface area (Å²) in [4.78, 5) is 0. The van der Waals surface area contributed by atoms with Crippen molar-refractivity contribution in [1.29, 1.82) is 0 Å². The third kappa shape index (κ3) is 3.26. The molecule has 1 rings (SSSR count). The average molecular weight is 230 g/mol. The zero-order chi connectivity index (χ0) is 12.2. The summed E-state index contributed by atoms with van der Waals surface area (Å²) in [5.41, 5.74) is 1.37. The van der Waals surface area contributed by atoms with Gasteiger partial charge in [0.05, 0.1) is 5.56 Å². The van der Waals surface area contributed by atoms with E-state index in [2.05, 4.69) is 0 Å². The van der Waals surface area contributed by atoms with Crippen molar-refractivity contribution in [3.05, 3.63) is 34.9 Å². The van der Waals surface area contributed by atoms with Crippen molar-refractivity contribution in [2.24, 2.45) is 0 Å². The minimum absolute atomic E-state index is 0.532. The van der Waals surface area contributed by atoms with Crippen LogP contribution in [0.2, 0.25) is 0 Å². The third-order valence-electron chi connectivity index (χ3n) is 2.57. The van der Waals surface area contributed by atoms with Gasteiger partial charge in [-0.15, -0.1) is 0 Å². The molecule has 0 aliphatic heterocycles. The van der Waals surface area contributed by atoms with E-state index in [1.54, 1.807) is 6.07 Å². The second kappa shape index (κ2) is 5.37. The lowest BCUT2D eigenvalue weighted by Gasteiger charge is -2.12. The zero-order valence-electron chi connectivity index (χ0n) is 9.69. The number of alkyl halides is 3. The number of halogens is 3. The highest BCUT2D eigenvalue weighted by Crippen LogP contribution is 2.31. The Bertz CT molecular complexity index is 340. The molecular weight excluding hydrogens is 213 g/mol. The standard InChI is InChI=1S/C13H17F3/c1-3-5-10-7-8-12(13(14,15)16)9-11(10)6-4-2/h7-9H,3-6H2,1-2H3. The first kappa shape index (κ1) is 13.1. The van der Waals surface area contributed by atoms with Crippen molar-refractivity contribution >= 4 is 0 Å². The number of benzene rings is 1. The van der Waals surface area contributed by atoms with E-state index in [0.29, 0.717) is 0 Å². The van der Waals surface area contributed by atoms with E-state index in [0.717, 1.165) is 36.8 Å². The fourth-order valence-electron chi connectivity index (χ4n) is 1.82. The summed E-state index contributed by atoms with van der Waals surface area (Å²) >= 11 is 0. The lowest BCUT2D eigenvalue weighted by atomic mass is 9.97. The van der Waals surface area contributed by atoms with Crippen LogP contribution in [0.1, 0.15) is 43.4 Å². The van der Waals surface area contributed by atoms with Crippen molar-refractivity contribution in [3.8, 4) is 0 Å². The van der Waals surface area contributed by atoms with E-state index >= 15 is 0 Å². The van der Waals surface area contributed by atoms with Crippen molar-refractivity contribution in [3.63, 3.8) is 0 Å². The molecule has 0 radical (unpaired) electrons. The van der Waals surface area contributed by atoms with Crippen LogP contribution >= 0.6 is 0 Å². The SMILES string of the molecule is CCCc1ccc(C(F)(F)F)cc1CCC. The van der Waals surface area contributed by atoms with Crippen LogP contribution < -0.4 is 0 Å². The molecule has 3 heteroatoms. The second-order valence-corrected chi connectivity index (χ2v) is 3.98. The van der Waals surface area contributed by atoms with Crippen LogP contribution in [0.15, 0.2) is 18.2 Å². The van der Waals surface area contributed by atoms with Crippen LogP contribution in [-0.2, 0) is 19.0 Å². The molecule has 16 heavy (non-hydrogen) atoms. The fourth-order valence-corrected chi connectivity index (χ4v) is 1.82. The number of aryl methyl sites for hydroxylation is 2. The predicted molar refractivity (Wildman–Crippen MR) is 59.4 cm³/mol. The first-order valence-corrected chi connectivity index (χ1v) is 5.68. The Hall–Kier alpha value is -0.990. The van der Waals surface area contributed by atoms with Crippen molar-refractivity contribution in [1.82, 2.24) is 0 Å². The molecule has 0 saturated carbocycles. The first-order valence-electron chi connectivity index (χ1n) is 5.68. The zero-order valence-corrected chi connectivity index (χ0v) is 9.69. The largest absolute Gasteiger partial charge is 0.416 e. The minimum atomic E-state index is -4.23. The maximum absolute atomic E-state index is 12.5. The maximum Gasteiger partial charge on any atom is 0.416 e. The normalized spacial score (nSPS) is 11.8. The summed E-state index contributed by atoms with van der Waals surface area (Å²) in [5.74, 6) is 0. The highest BCUT2D eigenvalue weighted by Gasteiger charge is 2.30. The van der Waals surface area contributed by atoms with Crippen LogP contribution in [0, 0.1) is 0 Å². The molecule has 0 atom stereocenters. The van der Waals surface area contributed by atoms with Crippen LogP contribution in [0.25, 0.3) is 0 Å². The third-order valence-corrected chi connectivity index (χ3v) is 2.57. The van der Waals surface area contributed by atoms with E-state index in [-0.39, 0.29) is 0 Å². The Morgan fingerprint density at radius 2 is 1.50 bits per heavy atom. The monoisotopic (exact) mass is 230 g/mol.